The maximum absolute atomic E-state index is 13.1. The third-order valence-corrected chi connectivity index (χ3v) is 6.33. The van der Waals surface area contributed by atoms with E-state index in [0.717, 1.165) is 34.9 Å². The van der Waals surface area contributed by atoms with Crippen molar-refractivity contribution in [2.45, 2.75) is 51.5 Å². The first kappa shape index (κ1) is 22.3. The molecule has 4 rings (SSSR count). The average Bonchev–Trinajstić information content (AvgIpc) is 3.26. The van der Waals surface area contributed by atoms with E-state index in [-0.39, 0.29) is 11.8 Å². The Morgan fingerprint density at radius 3 is 2.47 bits per heavy atom. The number of aromatic nitrogens is 1. The van der Waals surface area contributed by atoms with Crippen molar-refractivity contribution in [3.05, 3.63) is 59.6 Å². The quantitative estimate of drug-likeness (QED) is 0.487. The summed E-state index contributed by atoms with van der Waals surface area (Å²) in [7, 11) is 0. The fourth-order valence-electron chi connectivity index (χ4n) is 4.31. The predicted octanol–water partition coefficient (Wildman–Crippen LogP) is 5.97. The molecule has 1 saturated carbocycles. The lowest BCUT2D eigenvalue weighted by Gasteiger charge is -2.26. The minimum absolute atomic E-state index is 0.0784. The minimum Gasteiger partial charge on any atom is -0.342 e. The van der Waals surface area contributed by atoms with Gasteiger partial charge in [-0.3, -0.25) is 9.59 Å². The molecular weight excluding hydrogens is 422 g/mol. The number of benzene rings is 2. The summed E-state index contributed by atoms with van der Waals surface area (Å²) in [5, 5.41) is 7.45. The highest BCUT2D eigenvalue weighted by atomic mass is 35.5. The molecule has 0 bridgehead atoms. The number of pyridine rings is 1. The van der Waals surface area contributed by atoms with Crippen LogP contribution >= 0.6 is 11.6 Å². The average molecular weight is 450 g/mol. The Morgan fingerprint density at radius 1 is 1.06 bits per heavy atom. The van der Waals surface area contributed by atoms with E-state index in [1.807, 2.05) is 54.6 Å². The van der Waals surface area contributed by atoms with Gasteiger partial charge < -0.3 is 10.6 Å². The Balaban J connectivity index is 1.55. The lowest BCUT2D eigenvalue weighted by Crippen LogP contribution is -2.52. The van der Waals surface area contributed by atoms with E-state index in [0.29, 0.717) is 23.2 Å². The molecule has 166 valence electrons. The molecule has 0 saturated heterocycles. The van der Waals surface area contributed by atoms with Crippen LogP contribution in [-0.4, -0.2) is 22.3 Å². The topological polar surface area (TPSA) is 71.1 Å². The molecule has 1 aliphatic rings. The molecule has 6 heteroatoms. The zero-order valence-corrected chi connectivity index (χ0v) is 19.2. The molecule has 0 aliphatic heterocycles. The first-order valence-electron chi connectivity index (χ1n) is 11.1. The fraction of sp³-hybridized carbons (Fsp3) is 0.346. The van der Waals surface area contributed by atoms with Gasteiger partial charge in [0.25, 0.3) is 5.91 Å². The molecular formula is C26H28ClN3O2. The number of carbonyl (C=O) groups excluding carboxylic acids is 2. The number of nitrogens with zero attached hydrogens (tertiary/aromatic N) is 1. The van der Waals surface area contributed by atoms with Crippen molar-refractivity contribution in [1.82, 2.24) is 10.3 Å². The molecule has 2 N–H and O–H groups in total. The van der Waals surface area contributed by atoms with Gasteiger partial charge in [-0.05, 0) is 68.0 Å². The summed E-state index contributed by atoms with van der Waals surface area (Å²) in [5.74, 6) is 0.488. The second-order valence-corrected chi connectivity index (χ2v) is 9.50. The number of halogens is 1. The van der Waals surface area contributed by atoms with Crippen LogP contribution in [-0.2, 0) is 9.59 Å². The molecule has 0 radical (unpaired) electrons. The fourth-order valence-corrected chi connectivity index (χ4v) is 4.44. The smallest absolute Gasteiger partial charge is 0.250 e. The highest BCUT2D eigenvalue weighted by Gasteiger charge is 2.31. The first-order chi connectivity index (χ1) is 15.3. The number of para-hydroxylation sites is 1. The molecule has 1 aliphatic carbocycles. The maximum atomic E-state index is 13.1. The Bertz CT molecular complexity index is 1140. The standard InChI is InChI=1S/C26H28ClN3O2/c1-26(2,30-24(31)15-17-7-3-4-8-17)25(32)29-23-16-21(18-11-13-19(27)14-12-18)20-9-5-6-10-22(20)28-23/h5-6,9-14,16-17H,3-4,7-8,15H2,1-2H3,(H,30,31)(H,28,29,32). The number of nitrogens with one attached hydrogen (secondary N) is 2. The number of amides is 2. The number of rotatable bonds is 6. The monoisotopic (exact) mass is 449 g/mol. The van der Waals surface area contributed by atoms with Crippen molar-refractivity contribution >= 4 is 40.1 Å². The predicted molar refractivity (Wildman–Crippen MR) is 130 cm³/mol. The molecule has 1 aromatic heterocycles. The van der Waals surface area contributed by atoms with Crippen molar-refractivity contribution < 1.29 is 9.59 Å². The molecule has 3 aromatic rings. The number of hydrogen-bond donors (Lipinski definition) is 2. The second-order valence-electron chi connectivity index (χ2n) is 9.06. The van der Waals surface area contributed by atoms with Gasteiger partial charge in [-0.15, -0.1) is 0 Å². The van der Waals surface area contributed by atoms with Gasteiger partial charge in [-0.25, -0.2) is 4.98 Å². The summed E-state index contributed by atoms with van der Waals surface area (Å²) >= 11 is 6.06. The highest BCUT2D eigenvalue weighted by molar-refractivity contribution is 6.30. The van der Waals surface area contributed by atoms with Gasteiger partial charge in [0.15, 0.2) is 0 Å². The van der Waals surface area contributed by atoms with Crippen LogP contribution in [0.5, 0.6) is 0 Å². The summed E-state index contributed by atoms with van der Waals surface area (Å²) < 4.78 is 0. The molecule has 2 aromatic carbocycles. The molecule has 32 heavy (non-hydrogen) atoms. The van der Waals surface area contributed by atoms with Gasteiger partial charge in [-0.1, -0.05) is 54.8 Å². The summed E-state index contributed by atoms with van der Waals surface area (Å²) in [6.07, 6.45) is 5.03. The maximum Gasteiger partial charge on any atom is 0.250 e. The van der Waals surface area contributed by atoms with E-state index >= 15 is 0 Å². The van der Waals surface area contributed by atoms with Crippen molar-refractivity contribution in [1.29, 1.82) is 0 Å². The van der Waals surface area contributed by atoms with Gasteiger partial charge in [-0.2, -0.15) is 0 Å². The van der Waals surface area contributed by atoms with E-state index in [4.69, 9.17) is 11.6 Å². The van der Waals surface area contributed by atoms with Crippen LogP contribution < -0.4 is 10.6 Å². The van der Waals surface area contributed by atoms with Crippen molar-refractivity contribution in [2.75, 3.05) is 5.32 Å². The molecule has 0 spiro atoms. The summed E-state index contributed by atoms with van der Waals surface area (Å²) in [5.41, 5.74) is 1.65. The number of hydrogen-bond acceptors (Lipinski definition) is 3. The highest BCUT2D eigenvalue weighted by Crippen LogP contribution is 2.31. The van der Waals surface area contributed by atoms with Gasteiger partial charge in [0.05, 0.1) is 5.52 Å². The van der Waals surface area contributed by atoms with Gasteiger partial charge in [0.2, 0.25) is 5.91 Å². The van der Waals surface area contributed by atoms with E-state index in [1.54, 1.807) is 13.8 Å². The van der Waals surface area contributed by atoms with Gasteiger partial charge in [0, 0.05) is 16.8 Å². The third-order valence-electron chi connectivity index (χ3n) is 6.08. The zero-order chi connectivity index (χ0) is 22.7. The number of anilines is 1. The third kappa shape index (κ3) is 5.10. The van der Waals surface area contributed by atoms with Crippen LogP contribution in [0.25, 0.3) is 22.0 Å². The summed E-state index contributed by atoms with van der Waals surface area (Å²) in [6.45, 7) is 3.44. The summed E-state index contributed by atoms with van der Waals surface area (Å²) in [6, 6.07) is 17.2. The van der Waals surface area contributed by atoms with E-state index in [9.17, 15) is 9.59 Å². The van der Waals surface area contributed by atoms with Crippen molar-refractivity contribution in [3.63, 3.8) is 0 Å². The number of carbonyl (C=O) groups is 2. The molecule has 0 atom stereocenters. The van der Waals surface area contributed by atoms with Crippen LogP contribution in [0.4, 0.5) is 5.82 Å². The van der Waals surface area contributed by atoms with Crippen LogP contribution in [0.1, 0.15) is 46.0 Å². The largest absolute Gasteiger partial charge is 0.342 e. The van der Waals surface area contributed by atoms with Crippen molar-refractivity contribution in [2.24, 2.45) is 5.92 Å². The Labute approximate surface area is 193 Å². The molecule has 2 amide bonds. The lowest BCUT2D eigenvalue weighted by molar-refractivity contribution is -0.129. The Kier molecular flexibility index (Phi) is 6.47. The van der Waals surface area contributed by atoms with Gasteiger partial charge in [0.1, 0.15) is 11.4 Å². The molecule has 0 unspecified atom stereocenters. The van der Waals surface area contributed by atoms with Gasteiger partial charge >= 0.3 is 0 Å². The Hall–Kier alpha value is -2.92. The molecule has 1 heterocycles. The molecule has 1 fully saturated rings. The minimum atomic E-state index is -1.05. The van der Waals surface area contributed by atoms with Crippen LogP contribution in [0.2, 0.25) is 5.02 Å². The van der Waals surface area contributed by atoms with Crippen LogP contribution in [0.3, 0.4) is 0 Å². The van der Waals surface area contributed by atoms with E-state index in [1.165, 1.54) is 12.8 Å². The number of fused-ring (bicyclic) bond motifs is 1. The van der Waals surface area contributed by atoms with E-state index < -0.39 is 5.54 Å². The summed E-state index contributed by atoms with van der Waals surface area (Å²) in [4.78, 5) is 30.2. The lowest BCUT2D eigenvalue weighted by atomic mass is 9.99. The SMILES string of the molecule is CC(C)(NC(=O)CC1CCCC1)C(=O)Nc1cc(-c2ccc(Cl)cc2)c2ccccc2n1. The zero-order valence-electron chi connectivity index (χ0n) is 18.5. The normalized spacial score (nSPS) is 14.5. The van der Waals surface area contributed by atoms with Crippen molar-refractivity contribution in [3.8, 4) is 11.1 Å². The van der Waals surface area contributed by atoms with Crippen LogP contribution in [0.15, 0.2) is 54.6 Å². The Morgan fingerprint density at radius 2 is 1.75 bits per heavy atom. The van der Waals surface area contributed by atoms with Crippen LogP contribution in [0, 0.1) is 5.92 Å². The van der Waals surface area contributed by atoms with E-state index in [2.05, 4.69) is 15.6 Å². The first-order valence-corrected chi connectivity index (χ1v) is 11.5. The molecule has 5 nitrogen and oxygen atoms in total. The second kappa shape index (κ2) is 9.29.